The third-order valence-corrected chi connectivity index (χ3v) is 6.32. The Morgan fingerprint density at radius 2 is 1.30 bits per heavy atom. The zero-order chi connectivity index (χ0) is 20.1. The molecule has 146 valence electrons. The summed E-state index contributed by atoms with van der Waals surface area (Å²) >= 11 is 5.59. The Morgan fingerprint density at radius 1 is 0.733 bits per heavy atom. The molecule has 0 spiro atoms. The molecule has 5 heteroatoms. The minimum absolute atomic E-state index is 0.789. The lowest BCUT2D eigenvalue weighted by Crippen LogP contribution is -2.31. The highest BCUT2D eigenvalue weighted by molar-refractivity contribution is 7.80. The van der Waals surface area contributed by atoms with Crippen LogP contribution in [0.1, 0.15) is 12.8 Å². The van der Waals surface area contributed by atoms with Crippen molar-refractivity contribution >= 4 is 66.6 Å². The number of aromatic nitrogens is 2. The smallest absolute Gasteiger partial charge is 0.173 e. The first-order valence-corrected chi connectivity index (χ1v) is 10.8. The van der Waals surface area contributed by atoms with Gasteiger partial charge in [-0.15, -0.1) is 0 Å². The minimum atomic E-state index is 0.789. The van der Waals surface area contributed by atoms with E-state index in [1.807, 2.05) is 18.2 Å². The molecule has 0 unspecified atom stereocenters. The summed E-state index contributed by atoms with van der Waals surface area (Å²) in [5.74, 6) is 0. The zero-order valence-corrected chi connectivity index (χ0v) is 17.2. The molecular formula is C25H20N4S. The highest BCUT2D eigenvalue weighted by Crippen LogP contribution is 2.34. The second kappa shape index (κ2) is 6.89. The Hall–Kier alpha value is -3.31. The third-order valence-electron chi connectivity index (χ3n) is 5.96. The number of anilines is 1. The summed E-state index contributed by atoms with van der Waals surface area (Å²) in [4.78, 5) is 12.3. The van der Waals surface area contributed by atoms with Crippen LogP contribution in [-0.2, 0) is 0 Å². The van der Waals surface area contributed by atoms with Gasteiger partial charge in [0.25, 0.3) is 0 Å². The molecule has 6 rings (SSSR count). The maximum absolute atomic E-state index is 5.59. The summed E-state index contributed by atoms with van der Waals surface area (Å²) in [6, 6.07) is 23.0. The Labute approximate surface area is 179 Å². The minimum Gasteiger partial charge on any atom is -0.349 e. The van der Waals surface area contributed by atoms with Gasteiger partial charge in [0.15, 0.2) is 5.11 Å². The normalized spacial score (nSPS) is 14.2. The van der Waals surface area contributed by atoms with E-state index >= 15 is 0 Å². The monoisotopic (exact) mass is 408 g/mol. The fourth-order valence-corrected chi connectivity index (χ4v) is 4.78. The van der Waals surface area contributed by atoms with Gasteiger partial charge in [-0.25, -0.2) is 9.97 Å². The number of likely N-dealkylation sites (tertiary alicyclic amines) is 1. The third kappa shape index (κ3) is 2.77. The summed E-state index contributed by atoms with van der Waals surface area (Å²) in [5, 5.41) is 8.86. The van der Waals surface area contributed by atoms with Crippen LogP contribution in [0.2, 0.25) is 0 Å². The number of nitrogens with zero attached hydrogens (tertiary/aromatic N) is 3. The highest BCUT2D eigenvalue weighted by Gasteiger charge is 2.16. The van der Waals surface area contributed by atoms with Crippen molar-refractivity contribution in [3.05, 3.63) is 66.7 Å². The quantitative estimate of drug-likeness (QED) is 0.213. The number of fused-ring (bicyclic) bond motifs is 7. The van der Waals surface area contributed by atoms with Gasteiger partial charge >= 0.3 is 0 Å². The van der Waals surface area contributed by atoms with Gasteiger partial charge in [0.2, 0.25) is 0 Å². The van der Waals surface area contributed by atoms with Crippen molar-refractivity contribution in [3.63, 3.8) is 0 Å². The number of nitrogens with one attached hydrogen (secondary N) is 1. The molecule has 4 nitrogen and oxygen atoms in total. The number of benzene rings is 4. The standard InChI is InChI=1S/C25H20N4S/c30-25(29-13-5-6-14-29)26-16-11-12-21-22(15-16)28-24-20-10-4-2-8-18(20)17-7-1-3-9-19(17)23(24)27-21/h1-4,7-12,15H,5-6,13-14H2,(H,26,30). The molecule has 0 amide bonds. The molecule has 1 saturated heterocycles. The molecule has 1 fully saturated rings. The lowest BCUT2D eigenvalue weighted by Gasteiger charge is -2.19. The van der Waals surface area contributed by atoms with Crippen molar-refractivity contribution in [1.82, 2.24) is 14.9 Å². The van der Waals surface area contributed by atoms with Gasteiger partial charge in [0.05, 0.1) is 22.1 Å². The lowest BCUT2D eigenvalue weighted by atomic mass is 9.99. The predicted molar refractivity (Wildman–Crippen MR) is 129 cm³/mol. The molecule has 1 aromatic heterocycles. The van der Waals surface area contributed by atoms with Crippen molar-refractivity contribution < 1.29 is 0 Å². The van der Waals surface area contributed by atoms with Gasteiger partial charge in [-0.05, 0) is 54.0 Å². The summed E-state index contributed by atoms with van der Waals surface area (Å²) in [7, 11) is 0. The summed E-state index contributed by atoms with van der Waals surface area (Å²) in [5.41, 5.74) is 4.61. The molecule has 0 atom stereocenters. The number of hydrogen-bond acceptors (Lipinski definition) is 3. The molecular weight excluding hydrogens is 388 g/mol. The topological polar surface area (TPSA) is 41.1 Å². The molecule has 0 saturated carbocycles. The molecule has 1 aliphatic heterocycles. The first-order valence-electron chi connectivity index (χ1n) is 10.3. The van der Waals surface area contributed by atoms with E-state index < -0.39 is 0 Å². The predicted octanol–water partition coefficient (Wildman–Crippen LogP) is 5.88. The Balaban J connectivity index is 1.55. The van der Waals surface area contributed by atoms with Crippen molar-refractivity contribution in [1.29, 1.82) is 0 Å². The van der Waals surface area contributed by atoms with Crippen LogP contribution >= 0.6 is 12.2 Å². The highest BCUT2D eigenvalue weighted by atomic mass is 32.1. The van der Waals surface area contributed by atoms with Gasteiger partial charge in [-0.2, -0.15) is 0 Å². The first kappa shape index (κ1) is 17.5. The average Bonchev–Trinajstić information content (AvgIpc) is 3.33. The Kier molecular flexibility index (Phi) is 4.03. The molecule has 30 heavy (non-hydrogen) atoms. The molecule has 2 heterocycles. The molecule has 0 bridgehead atoms. The van der Waals surface area contributed by atoms with Crippen LogP contribution in [0, 0.1) is 0 Å². The van der Waals surface area contributed by atoms with Gasteiger partial charge in [-0.3, -0.25) is 0 Å². The number of rotatable bonds is 1. The van der Waals surface area contributed by atoms with Crippen molar-refractivity contribution in [2.45, 2.75) is 12.8 Å². The van der Waals surface area contributed by atoms with E-state index in [1.165, 1.54) is 23.6 Å². The van der Waals surface area contributed by atoms with E-state index in [0.29, 0.717) is 0 Å². The first-order chi connectivity index (χ1) is 14.8. The van der Waals surface area contributed by atoms with E-state index in [9.17, 15) is 0 Å². The SMILES string of the molecule is S=C(Nc1ccc2nc3c4ccccc4c4ccccc4c3nc2c1)N1CCCC1. The van der Waals surface area contributed by atoms with E-state index in [2.05, 4.69) is 58.7 Å². The number of thiocarbonyl (C=S) groups is 1. The molecule has 1 aliphatic rings. The van der Waals surface area contributed by atoms with Crippen molar-refractivity contribution in [3.8, 4) is 0 Å². The largest absolute Gasteiger partial charge is 0.349 e. The fourth-order valence-electron chi connectivity index (χ4n) is 4.48. The maximum Gasteiger partial charge on any atom is 0.173 e. The Morgan fingerprint density at radius 3 is 1.93 bits per heavy atom. The molecule has 4 aromatic carbocycles. The van der Waals surface area contributed by atoms with Crippen LogP contribution in [0.15, 0.2) is 66.7 Å². The molecule has 0 radical (unpaired) electrons. The van der Waals surface area contributed by atoms with Gasteiger partial charge in [-0.1, -0.05) is 48.5 Å². The maximum atomic E-state index is 5.59. The van der Waals surface area contributed by atoms with E-state index in [4.69, 9.17) is 22.2 Å². The zero-order valence-electron chi connectivity index (χ0n) is 16.4. The van der Waals surface area contributed by atoms with Gasteiger partial charge in [0.1, 0.15) is 0 Å². The van der Waals surface area contributed by atoms with Crippen molar-refractivity contribution in [2.24, 2.45) is 0 Å². The summed E-state index contributed by atoms with van der Waals surface area (Å²) < 4.78 is 0. The second-order valence-electron chi connectivity index (χ2n) is 7.84. The average molecular weight is 409 g/mol. The Bertz CT molecular complexity index is 1450. The molecule has 1 N–H and O–H groups in total. The summed E-state index contributed by atoms with van der Waals surface area (Å²) in [6.45, 7) is 2.06. The van der Waals surface area contributed by atoms with Crippen LogP contribution in [0.3, 0.4) is 0 Å². The van der Waals surface area contributed by atoms with Crippen LogP contribution in [0.25, 0.3) is 43.6 Å². The van der Waals surface area contributed by atoms with E-state index in [1.54, 1.807) is 0 Å². The van der Waals surface area contributed by atoms with Crippen molar-refractivity contribution in [2.75, 3.05) is 18.4 Å². The van der Waals surface area contributed by atoms with Crippen LogP contribution < -0.4 is 5.32 Å². The van der Waals surface area contributed by atoms with Gasteiger partial charge in [0, 0.05) is 29.5 Å². The molecule has 0 aliphatic carbocycles. The van der Waals surface area contributed by atoms with Crippen LogP contribution in [0.4, 0.5) is 5.69 Å². The summed E-state index contributed by atoms with van der Waals surface area (Å²) in [6.07, 6.45) is 2.41. The number of hydrogen-bond donors (Lipinski definition) is 1. The van der Waals surface area contributed by atoms with E-state index in [-0.39, 0.29) is 0 Å². The van der Waals surface area contributed by atoms with Crippen LogP contribution in [-0.4, -0.2) is 33.1 Å². The fraction of sp³-hybridized carbons (Fsp3) is 0.160. The molecule has 5 aromatic rings. The van der Waals surface area contributed by atoms with Gasteiger partial charge < -0.3 is 10.2 Å². The van der Waals surface area contributed by atoms with E-state index in [0.717, 1.165) is 56.7 Å². The second-order valence-corrected chi connectivity index (χ2v) is 8.23. The van der Waals surface area contributed by atoms with Crippen LogP contribution in [0.5, 0.6) is 0 Å². The lowest BCUT2D eigenvalue weighted by molar-refractivity contribution is 0.528.